The first-order valence-corrected chi connectivity index (χ1v) is 6.44. The summed E-state index contributed by atoms with van der Waals surface area (Å²) >= 11 is 0. The van der Waals surface area contributed by atoms with Crippen molar-refractivity contribution in [2.45, 2.75) is 0 Å². The lowest BCUT2D eigenvalue weighted by atomic mass is 10.0. The fourth-order valence-corrected chi connectivity index (χ4v) is 2.33. The van der Waals surface area contributed by atoms with Crippen LogP contribution in [0.15, 0.2) is 54.0 Å². The second-order valence-corrected chi connectivity index (χ2v) is 4.41. The summed E-state index contributed by atoms with van der Waals surface area (Å²) < 4.78 is 5.71. The molecule has 3 heteroatoms. The number of hydrogen-bond donors (Lipinski definition) is 1. The normalized spacial score (nSPS) is 14.0. The number of benzene rings is 2. The van der Waals surface area contributed by atoms with E-state index in [0.717, 1.165) is 41.0 Å². The van der Waals surface area contributed by atoms with Gasteiger partial charge in [-0.05, 0) is 17.5 Å². The summed E-state index contributed by atoms with van der Waals surface area (Å²) in [6.07, 6.45) is 1.76. The molecule has 2 aromatic rings. The Morgan fingerprint density at radius 2 is 2.05 bits per heavy atom. The zero-order chi connectivity index (χ0) is 13.1. The van der Waals surface area contributed by atoms with Gasteiger partial charge in [0.25, 0.3) is 0 Å². The molecule has 1 N–H and O–H groups in total. The molecule has 0 fully saturated rings. The van der Waals surface area contributed by atoms with E-state index in [-0.39, 0.29) is 0 Å². The summed E-state index contributed by atoms with van der Waals surface area (Å²) in [5, 5.41) is 5.59. The van der Waals surface area contributed by atoms with Gasteiger partial charge in [0.05, 0.1) is 6.54 Å². The molecular formula is C16H16N2O. The van der Waals surface area contributed by atoms with Crippen LogP contribution in [0.5, 0.6) is 5.75 Å². The van der Waals surface area contributed by atoms with Crippen LogP contribution in [0.1, 0.15) is 5.56 Å². The van der Waals surface area contributed by atoms with Crippen molar-refractivity contribution in [3.8, 4) is 5.75 Å². The maximum absolute atomic E-state index is 5.71. The summed E-state index contributed by atoms with van der Waals surface area (Å²) in [5.41, 5.74) is 1.14. The van der Waals surface area contributed by atoms with Crippen LogP contribution in [0.2, 0.25) is 0 Å². The van der Waals surface area contributed by atoms with Crippen LogP contribution in [-0.4, -0.2) is 25.5 Å². The van der Waals surface area contributed by atoms with Crippen molar-refractivity contribution in [2.24, 2.45) is 4.99 Å². The van der Waals surface area contributed by atoms with Crippen LogP contribution in [0.25, 0.3) is 10.8 Å². The SMILES string of the molecule is C=CCOc1ccc(C2=NCCN2)c2ccccc12. The van der Waals surface area contributed by atoms with Gasteiger partial charge >= 0.3 is 0 Å². The number of nitrogens with one attached hydrogen (secondary N) is 1. The number of fused-ring (bicyclic) bond motifs is 1. The lowest BCUT2D eigenvalue weighted by Gasteiger charge is -2.12. The molecule has 0 saturated carbocycles. The number of ether oxygens (including phenoxy) is 1. The number of amidine groups is 1. The molecule has 0 unspecified atom stereocenters. The molecular weight excluding hydrogens is 236 g/mol. The van der Waals surface area contributed by atoms with Gasteiger partial charge in [0, 0.05) is 17.5 Å². The molecule has 0 radical (unpaired) electrons. The van der Waals surface area contributed by atoms with E-state index in [9.17, 15) is 0 Å². The highest BCUT2D eigenvalue weighted by atomic mass is 16.5. The highest BCUT2D eigenvalue weighted by Gasteiger charge is 2.13. The quantitative estimate of drug-likeness (QED) is 0.849. The molecule has 1 aliphatic rings. The summed E-state index contributed by atoms with van der Waals surface area (Å²) in [4.78, 5) is 4.50. The monoisotopic (exact) mass is 252 g/mol. The van der Waals surface area contributed by atoms with Gasteiger partial charge in [0.2, 0.25) is 0 Å². The molecule has 1 heterocycles. The van der Waals surface area contributed by atoms with Gasteiger partial charge in [0.15, 0.2) is 0 Å². The fourth-order valence-electron chi connectivity index (χ4n) is 2.33. The van der Waals surface area contributed by atoms with Crippen LogP contribution in [-0.2, 0) is 0 Å². The van der Waals surface area contributed by atoms with Crippen LogP contribution in [0, 0.1) is 0 Å². The summed E-state index contributed by atoms with van der Waals surface area (Å²) in [7, 11) is 0. The topological polar surface area (TPSA) is 33.6 Å². The molecule has 0 amide bonds. The average molecular weight is 252 g/mol. The summed E-state index contributed by atoms with van der Waals surface area (Å²) in [6.45, 7) is 5.96. The molecule has 19 heavy (non-hydrogen) atoms. The van der Waals surface area contributed by atoms with Crippen molar-refractivity contribution < 1.29 is 4.74 Å². The van der Waals surface area contributed by atoms with Gasteiger partial charge in [-0.3, -0.25) is 4.99 Å². The highest BCUT2D eigenvalue weighted by molar-refractivity contribution is 6.11. The zero-order valence-electron chi connectivity index (χ0n) is 10.7. The summed E-state index contributed by atoms with van der Waals surface area (Å²) in [5.74, 6) is 1.87. The van der Waals surface area contributed by atoms with E-state index in [2.05, 4.69) is 35.1 Å². The van der Waals surface area contributed by atoms with E-state index in [1.807, 2.05) is 18.2 Å². The van der Waals surface area contributed by atoms with Crippen molar-refractivity contribution in [1.82, 2.24) is 5.32 Å². The molecule has 96 valence electrons. The Morgan fingerprint density at radius 1 is 1.21 bits per heavy atom. The van der Waals surface area contributed by atoms with E-state index < -0.39 is 0 Å². The molecule has 1 aliphatic heterocycles. The second kappa shape index (κ2) is 5.14. The van der Waals surface area contributed by atoms with E-state index in [1.165, 1.54) is 0 Å². The second-order valence-electron chi connectivity index (χ2n) is 4.41. The first kappa shape index (κ1) is 11.8. The Balaban J connectivity index is 2.13. The Morgan fingerprint density at radius 3 is 2.79 bits per heavy atom. The molecule has 3 nitrogen and oxygen atoms in total. The third-order valence-electron chi connectivity index (χ3n) is 3.17. The largest absolute Gasteiger partial charge is 0.489 e. The fraction of sp³-hybridized carbons (Fsp3) is 0.188. The molecule has 0 aromatic heterocycles. The van der Waals surface area contributed by atoms with E-state index in [4.69, 9.17) is 4.74 Å². The van der Waals surface area contributed by atoms with Gasteiger partial charge in [-0.1, -0.05) is 36.9 Å². The Hall–Kier alpha value is -2.29. The molecule has 3 rings (SSSR count). The van der Waals surface area contributed by atoms with Crippen LogP contribution in [0.4, 0.5) is 0 Å². The number of aliphatic imine (C=N–C) groups is 1. The Labute approximate surface area is 112 Å². The minimum atomic E-state index is 0.516. The standard InChI is InChI=1S/C16H16N2O/c1-2-11-19-15-8-7-14(16-17-9-10-18-16)12-5-3-4-6-13(12)15/h2-8H,1,9-11H2,(H,17,18). The van der Waals surface area contributed by atoms with Crippen molar-refractivity contribution >= 4 is 16.6 Å². The predicted molar refractivity (Wildman–Crippen MR) is 79.0 cm³/mol. The van der Waals surface area contributed by atoms with Crippen molar-refractivity contribution in [3.05, 3.63) is 54.6 Å². The minimum Gasteiger partial charge on any atom is -0.489 e. The molecule has 0 saturated heterocycles. The lowest BCUT2D eigenvalue weighted by Crippen LogP contribution is -2.19. The zero-order valence-corrected chi connectivity index (χ0v) is 10.7. The molecule has 0 atom stereocenters. The van der Waals surface area contributed by atoms with Crippen molar-refractivity contribution in [1.29, 1.82) is 0 Å². The average Bonchev–Trinajstić information content (AvgIpc) is 2.98. The van der Waals surface area contributed by atoms with Gasteiger partial charge in [-0.2, -0.15) is 0 Å². The number of hydrogen-bond acceptors (Lipinski definition) is 3. The van der Waals surface area contributed by atoms with Crippen LogP contribution < -0.4 is 10.1 Å². The maximum atomic E-state index is 5.71. The first-order valence-electron chi connectivity index (χ1n) is 6.44. The maximum Gasteiger partial charge on any atom is 0.129 e. The van der Waals surface area contributed by atoms with E-state index in [0.29, 0.717) is 6.61 Å². The van der Waals surface area contributed by atoms with Gasteiger partial charge in [-0.25, -0.2) is 0 Å². The van der Waals surface area contributed by atoms with Gasteiger partial charge in [-0.15, -0.1) is 0 Å². The third kappa shape index (κ3) is 2.19. The number of rotatable bonds is 4. The molecule has 0 spiro atoms. The Bertz CT molecular complexity index is 646. The molecule has 0 aliphatic carbocycles. The van der Waals surface area contributed by atoms with Crippen molar-refractivity contribution in [2.75, 3.05) is 19.7 Å². The lowest BCUT2D eigenvalue weighted by molar-refractivity contribution is 0.367. The summed E-state index contributed by atoms with van der Waals surface area (Å²) in [6, 6.07) is 12.3. The molecule has 0 bridgehead atoms. The number of nitrogens with zero attached hydrogens (tertiary/aromatic N) is 1. The molecule has 2 aromatic carbocycles. The predicted octanol–water partition coefficient (Wildman–Crippen LogP) is 2.75. The van der Waals surface area contributed by atoms with Crippen LogP contribution in [0.3, 0.4) is 0 Å². The highest BCUT2D eigenvalue weighted by Crippen LogP contribution is 2.29. The van der Waals surface area contributed by atoms with Gasteiger partial charge in [0.1, 0.15) is 18.2 Å². The third-order valence-corrected chi connectivity index (χ3v) is 3.17. The first-order chi connectivity index (χ1) is 9.40. The van der Waals surface area contributed by atoms with Gasteiger partial charge < -0.3 is 10.1 Å². The van der Waals surface area contributed by atoms with Crippen LogP contribution >= 0.6 is 0 Å². The smallest absolute Gasteiger partial charge is 0.129 e. The van der Waals surface area contributed by atoms with E-state index >= 15 is 0 Å². The minimum absolute atomic E-state index is 0.516. The van der Waals surface area contributed by atoms with Crippen molar-refractivity contribution in [3.63, 3.8) is 0 Å². The Kier molecular flexibility index (Phi) is 3.19. The van der Waals surface area contributed by atoms with E-state index in [1.54, 1.807) is 6.08 Å².